The van der Waals surface area contributed by atoms with Crippen LogP contribution in [0, 0.1) is 24.1 Å². The summed E-state index contributed by atoms with van der Waals surface area (Å²) in [5.74, 6) is 0. The molecule has 0 fully saturated rings. The van der Waals surface area contributed by atoms with Crippen molar-refractivity contribution in [2.24, 2.45) is 0 Å². The Bertz CT molecular complexity index is 1060. The van der Waals surface area contributed by atoms with Gasteiger partial charge in [0.1, 0.15) is 0 Å². The summed E-state index contributed by atoms with van der Waals surface area (Å²) in [5.41, 5.74) is 7.90. The fourth-order valence-corrected chi connectivity index (χ4v) is 4.75. The number of benzene rings is 3. The fourth-order valence-electron chi connectivity index (χ4n) is 3.53. The van der Waals surface area contributed by atoms with Crippen LogP contribution in [0.15, 0.2) is 91.0 Å². The van der Waals surface area contributed by atoms with Crippen molar-refractivity contribution in [2.45, 2.75) is 13.8 Å². The van der Waals surface area contributed by atoms with Crippen molar-refractivity contribution in [1.29, 1.82) is 0 Å². The predicted octanol–water partition coefficient (Wildman–Crippen LogP) is 2.89. The summed E-state index contributed by atoms with van der Waals surface area (Å²) in [6, 6.07) is 32.2. The van der Waals surface area contributed by atoms with Crippen LogP contribution in [0.5, 0.6) is 0 Å². The van der Waals surface area contributed by atoms with Gasteiger partial charge in [-0.3, -0.25) is 0 Å². The molecule has 0 N–H and O–H groups in total. The first kappa shape index (κ1) is 23.0. The fraction of sp³-hybridized carbons (Fsp3) is 0.0800. The highest BCUT2D eigenvalue weighted by molar-refractivity contribution is 7.18. The van der Waals surface area contributed by atoms with Gasteiger partial charge < -0.3 is 0 Å². The van der Waals surface area contributed by atoms with Gasteiger partial charge in [0.2, 0.25) is 21.1 Å². The second kappa shape index (κ2) is 10.1. The van der Waals surface area contributed by atoms with Crippen molar-refractivity contribution in [3.8, 4) is 32.0 Å². The van der Waals surface area contributed by atoms with E-state index in [2.05, 4.69) is 105 Å². The average Bonchev–Trinajstić information content (AvgIpc) is 2.75. The summed E-state index contributed by atoms with van der Waals surface area (Å²) in [5, 5.41) is 0. The normalized spacial score (nSPS) is 10.9. The van der Waals surface area contributed by atoms with Gasteiger partial charge in [0.15, 0.2) is 0 Å². The van der Waals surface area contributed by atoms with Gasteiger partial charge in [0.05, 0.1) is 0 Å². The lowest BCUT2D eigenvalue weighted by atomic mass is 9.94. The molecule has 0 saturated heterocycles. The molecule has 0 bridgehead atoms. The standard InChI is InChI=1S/C25H21S.ClHO4/c1-18-23(20-12-6-3-7-13-20)19(2)25(22-16-10-5-11-17-22)26-24(18)21-14-8-4-9-15-21;2-1(3,4)5/h3-17H,1-2H3;(H,2,3,4,5)/q+1;/p-1. The molecule has 158 valence electrons. The van der Waals surface area contributed by atoms with Crippen molar-refractivity contribution in [1.82, 2.24) is 0 Å². The van der Waals surface area contributed by atoms with Gasteiger partial charge in [-0.2, -0.15) is 0 Å². The third-order valence-electron chi connectivity index (χ3n) is 4.77. The molecular weight excluding hydrogens is 432 g/mol. The molecular formula is C25H21ClO4S. The summed E-state index contributed by atoms with van der Waals surface area (Å²) in [6.45, 7) is 4.51. The second-order valence-electron chi connectivity index (χ2n) is 6.86. The monoisotopic (exact) mass is 452 g/mol. The Labute approximate surface area is 188 Å². The molecule has 31 heavy (non-hydrogen) atoms. The Morgan fingerprint density at radius 3 is 1.13 bits per heavy atom. The lowest BCUT2D eigenvalue weighted by Gasteiger charge is -2.17. The zero-order chi connectivity index (χ0) is 22.4. The maximum absolute atomic E-state index is 8.49. The highest BCUT2D eigenvalue weighted by Crippen LogP contribution is 2.43. The van der Waals surface area contributed by atoms with Gasteiger partial charge in [-0.25, -0.2) is 18.6 Å². The molecule has 0 unspecified atom stereocenters. The lowest BCUT2D eigenvalue weighted by molar-refractivity contribution is -2.00. The quantitative estimate of drug-likeness (QED) is 0.447. The van der Waals surface area contributed by atoms with Crippen LogP contribution in [-0.4, -0.2) is 0 Å². The second-order valence-corrected chi connectivity index (χ2v) is 8.64. The maximum Gasteiger partial charge on any atom is 0.242 e. The van der Waals surface area contributed by atoms with Crippen molar-refractivity contribution in [2.75, 3.05) is 0 Å². The lowest BCUT2D eigenvalue weighted by Crippen LogP contribution is -2.68. The molecule has 3 aromatic carbocycles. The summed E-state index contributed by atoms with van der Waals surface area (Å²) < 4.78 is 34.0. The Balaban J connectivity index is 0.000000491. The van der Waals surface area contributed by atoms with E-state index < -0.39 is 10.2 Å². The molecule has 1 heterocycles. The largest absolute Gasteiger partial charge is 0.242 e. The van der Waals surface area contributed by atoms with Crippen LogP contribution < -0.4 is 18.6 Å². The molecule has 0 radical (unpaired) electrons. The van der Waals surface area contributed by atoms with E-state index in [1.165, 1.54) is 43.1 Å². The minimum Gasteiger partial charge on any atom is -0.222 e. The molecule has 1 aromatic heterocycles. The van der Waals surface area contributed by atoms with Crippen LogP contribution in [0.2, 0.25) is 0 Å². The summed E-state index contributed by atoms with van der Waals surface area (Å²) in [7, 11) is -4.94. The third kappa shape index (κ3) is 6.18. The van der Waals surface area contributed by atoms with E-state index in [0.717, 1.165) is 0 Å². The van der Waals surface area contributed by atoms with Crippen LogP contribution in [0.25, 0.3) is 32.0 Å². The molecule has 4 rings (SSSR count). The molecule has 0 amide bonds. The van der Waals surface area contributed by atoms with Gasteiger partial charge in [-0.15, -0.1) is 10.2 Å². The van der Waals surface area contributed by atoms with E-state index in [4.69, 9.17) is 18.6 Å². The third-order valence-corrected chi connectivity index (χ3v) is 6.26. The topological polar surface area (TPSA) is 92.2 Å². The maximum atomic E-state index is 8.49. The SMILES string of the molecule is Cc1c(-c2ccccc2)[s+]c(-c2ccccc2)c(C)c1-c1ccccc1.[O-][Cl+3]([O-])([O-])[O-]. The molecule has 6 heteroatoms. The van der Waals surface area contributed by atoms with Gasteiger partial charge in [0, 0.05) is 22.3 Å². The summed E-state index contributed by atoms with van der Waals surface area (Å²) in [4.78, 5) is 2.68. The molecule has 0 saturated carbocycles. The zero-order valence-corrected chi connectivity index (χ0v) is 18.7. The summed E-state index contributed by atoms with van der Waals surface area (Å²) in [6.07, 6.45) is 0. The number of rotatable bonds is 3. The van der Waals surface area contributed by atoms with E-state index in [9.17, 15) is 0 Å². The first-order valence-electron chi connectivity index (χ1n) is 9.51. The molecule has 4 aromatic rings. The molecule has 0 spiro atoms. The van der Waals surface area contributed by atoms with Crippen LogP contribution >= 0.6 is 11.3 Å². The number of hydrogen-bond donors (Lipinski definition) is 0. The van der Waals surface area contributed by atoms with E-state index in [1.54, 1.807) is 0 Å². The number of halogens is 1. The smallest absolute Gasteiger partial charge is 0.222 e. The predicted molar refractivity (Wildman–Crippen MR) is 115 cm³/mol. The first-order valence-corrected chi connectivity index (χ1v) is 11.6. The zero-order valence-electron chi connectivity index (χ0n) is 17.1. The molecule has 0 aliphatic carbocycles. The molecule has 4 nitrogen and oxygen atoms in total. The van der Waals surface area contributed by atoms with Crippen LogP contribution in [0.4, 0.5) is 0 Å². The van der Waals surface area contributed by atoms with Crippen LogP contribution in [0.1, 0.15) is 11.1 Å². The minimum absolute atomic E-state index is 1.28. The summed E-state index contributed by atoms with van der Waals surface area (Å²) >= 11 is 1.89. The van der Waals surface area contributed by atoms with Crippen LogP contribution in [0.3, 0.4) is 0 Å². The highest BCUT2D eigenvalue weighted by atomic mass is 35.7. The average molecular weight is 453 g/mol. The van der Waals surface area contributed by atoms with Gasteiger partial charge >= 0.3 is 0 Å². The van der Waals surface area contributed by atoms with Gasteiger partial charge in [-0.1, -0.05) is 66.7 Å². The van der Waals surface area contributed by atoms with Crippen LogP contribution in [-0.2, 0) is 0 Å². The van der Waals surface area contributed by atoms with Crippen molar-refractivity contribution < 1.29 is 28.9 Å². The van der Waals surface area contributed by atoms with Gasteiger partial charge in [-0.05, 0) is 49.2 Å². The number of hydrogen-bond acceptors (Lipinski definition) is 4. The Kier molecular flexibility index (Phi) is 7.51. The molecule has 0 aliphatic heterocycles. The van der Waals surface area contributed by atoms with Gasteiger partial charge in [0.25, 0.3) is 0 Å². The van der Waals surface area contributed by atoms with E-state index in [1.807, 2.05) is 11.3 Å². The van der Waals surface area contributed by atoms with E-state index in [0.29, 0.717) is 0 Å². The Morgan fingerprint density at radius 2 is 0.806 bits per heavy atom. The molecule has 0 aliphatic rings. The Morgan fingerprint density at radius 1 is 0.516 bits per heavy atom. The Hall–Kier alpha value is -2.64. The van der Waals surface area contributed by atoms with Crippen molar-refractivity contribution >= 4 is 11.3 Å². The van der Waals surface area contributed by atoms with Crippen molar-refractivity contribution in [3.05, 3.63) is 102 Å². The van der Waals surface area contributed by atoms with E-state index in [-0.39, 0.29) is 0 Å². The van der Waals surface area contributed by atoms with Crippen molar-refractivity contribution in [3.63, 3.8) is 0 Å². The highest BCUT2D eigenvalue weighted by Gasteiger charge is 2.26. The minimum atomic E-state index is -4.94. The molecule has 0 atom stereocenters. The first-order chi connectivity index (χ1) is 14.8. The van der Waals surface area contributed by atoms with E-state index >= 15 is 0 Å².